The molecule has 108 valence electrons. The van der Waals surface area contributed by atoms with Crippen LogP contribution in [-0.2, 0) is 4.79 Å². The molecular weight excluding hydrogens is 252 g/mol. The molecule has 1 fully saturated rings. The van der Waals surface area contributed by atoms with E-state index in [-0.39, 0.29) is 17.9 Å². The third kappa shape index (κ3) is 2.55. The normalized spacial score (nSPS) is 19.5. The highest BCUT2D eigenvalue weighted by molar-refractivity contribution is 6.06. The highest BCUT2D eigenvalue weighted by atomic mass is 16.2. The topological polar surface area (TPSA) is 49.4 Å². The van der Waals surface area contributed by atoms with Crippen LogP contribution in [0.4, 0.5) is 10.5 Å². The van der Waals surface area contributed by atoms with E-state index in [1.54, 1.807) is 4.90 Å². The van der Waals surface area contributed by atoms with E-state index < -0.39 is 0 Å². The van der Waals surface area contributed by atoms with Gasteiger partial charge >= 0.3 is 6.03 Å². The van der Waals surface area contributed by atoms with Gasteiger partial charge < -0.3 is 0 Å². The van der Waals surface area contributed by atoms with Crippen molar-refractivity contribution in [2.75, 3.05) is 11.4 Å². The van der Waals surface area contributed by atoms with Gasteiger partial charge in [-0.1, -0.05) is 26.8 Å². The van der Waals surface area contributed by atoms with Gasteiger partial charge in [0.1, 0.15) is 0 Å². The van der Waals surface area contributed by atoms with Crippen molar-refractivity contribution in [1.82, 2.24) is 5.32 Å². The molecule has 0 aliphatic carbocycles. The number of anilines is 1. The number of nitrogens with one attached hydrogen (secondary N) is 1. The molecule has 1 saturated heterocycles. The van der Waals surface area contributed by atoms with Crippen LogP contribution in [0.15, 0.2) is 12.1 Å². The first-order chi connectivity index (χ1) is 9.31. The molecule has 2 rings (SSSR count). The molecular formula is C16H22N2O2. The maximum Gasteiger partial charge on any atom is 0.328 e. The minimum absolute atomic E-state index is 0.183. The van der Waals surface area contributed by atoms with Crippen LogP contribution >= 0.6 is 0 Å². The van der Waals surface area contributed by atoms with Gasteiger partial charge in [0.15, 0.2) is 0 Å². The van der Waals surface area contributed by atoms with Crippen LogP contribution in [0.2, 0.25) is 0 Å². The Hall–Kier alpha value is -1.84. The number of benzene rings is 1. The number of rotatable bonds is 2. The number of imide groups is 1. The Bertz CT molecular complexity index is 564. The zero-order valence-corrected chi connectivity index (χ0v) is 12.8. The van der Waals surface area contributed by atoms with Gasteiger partial charge in [0.25, 0.3) is 0 Å². The smallest absolute Gasteiger partial charge is 0.293 e. The lowest BCUT2D eigenvalue weighted by molar-refractivity contribution is -0.123. The lowest BCUT2D eigenvalue weighted by atomic mass is 9.94. The first-order valence-corrected chi connectivity index (χ1v) is 7.04. The molecule has 1 heterocycles. The Morgan fingerprint density at radius 2 is 1.85 bits per heavy atom. The summed E-state index contributed by atoms with van der Waals surface area (Å²) >= 11 is 0. The molecule has 0 radical (unpaired) electrons. The van der Waals surface area contributed by atoms with E-state index in [9.17, 15) is 9.59 Å². The Morgan fingerprint density at radius 1 is 1.20 bits per heavy atom. The minimum atomic E-state index is -0.326. The predicted octanol–water partition coefficient (Wildman–Crippen LogP) is 3.12. The maximum absolute atomic E-state index is 12.0. The minimum Gasteiger partial charge on any atom is -0.293 e. The van der Waals surface area contributed by atoms with Gasteiger partial charge in [0.2, 0.25) is 5.91 Å². The summed E-state index contributed by atoms with van der Waals surface area (Å²) in [7, 11) is 0. The fourth-order valence-electron chi connectivity index (χ4n) is 2.68. The molecule has 1 aliphatic heterocycles. The van der Waals surface area contributed by atoms with Crippen molar-refractivity contribution in [3.63, 3.8) is 0 Å². The van der Waals surface area contributed by atoms with E-state index in [1.165, 1.54) is 11.1 Å². The molecule has 0 saturated carbocycles. The summed E-state index contributed by atoms with van der Waals surface area (Å²) in [6, 6.07) is 3.86. The molecule has 1 aromatic rings. The van der Waals surface area contributed by atoms with Crippen LogP contribution in [0.5, 0.6) is 0 Å². The fourth-order valence-corrected chi connectivity index (χ4v) is 2.68. The summed E-state index contributed by atoms with van der Waals surface area (Å²) in [5, 5.41) is 2.41. The second kappa shape index (κ2) is 5.27. The molecule has 1 aromatic carbocycles. The van der Waals surface area contributed by atoms with Crippen molar-refractivity contribution in [2.24, 2.45) is 5.92 Å². The van der Waals surface area contributed by atoms with E-state index in [2.05, 4.69) is 32.2 Å². The van der Waals surface area contributed by atoms with Crippen molar-refractivity contribution >= 4 is 17.6 Å². The largest absolute Gasteiger partial charge is 0.328 e. The summed E-state index contributed by atoms with van der Waals surface area (Å²) in [5.41, 5.74) is 4.44. The first kappa shape index (κ1) is 14.6. The molecule has 3 amide bonds. The average molecular weight is 274 g/mol. The number of hydrogen-bond donors (Lipinski definition) is 1. The number of hydrogen-bond acceptors (Lipinski definition) is 2. The molecule has 1 atom stereocenters. The zero-order chi connectivity index (χ0) is 15.0. The van der Waals surface area contributed by atoms with E-state index >= 15 is 0 Å². The Balaban J connectivity index is 2.40. The quantitative estimate of drug-likeness (QED) is 0.900. The molecule has 20 heavy (non-hydrogen) atoms. The van der Waals surface area contributed by atoms with Gasteiger partial charge in [-0.15, -0.1) is 0 Å². The maximum atomic E-state index is 12.0. The fraction of sp³-hybridized carbons (Fsp3) is 0.500. The summed E-state index contributed by atoms with van der Waals surface area (Å²) in [6.45, 7) is 10.7. The van der Waals surface area contributed by atoms with E-state index in [0.717, 1.165) is 11.3 Å². The number of carbonyl (C=O) groups is 2. The van der Waals surface area contributed by atoms with Gasteiger partial charge in [-0.2, -0.15) is 0 Å². The van der Waals surface area contributed by atoms with Crippen LogP contribution in [0.1, 0.15) is 43.4 Å². The van der Waals surface area contributed by atoms with E-state index in [4.69, 9.17) is 0 Å². The second-order valence-corrected chi connectivity index (χ2v) is 5.96. The first-order valence-electron chi connectivity index (χ1n) is 7.04. The Kier molecular flexibility index (Phi) is 3.84. The molecule has 0 bridgehead atoms. The van der Waals surface area contributed by atoms with Crippen LogP contribution in [0.3, 0.4) is 0 Å². The molecule has 4 nitrogen and oxygen atoms in total. The SMILES string of the molecule is Cc1cc(N2C[C@@H](C)C(=O)NC2=O)c(C)cc1C(C)C. The number of carbonyl (C=O) groups excluding carboxylic acids is 2. The second-order valence-electron chi connectivity index (χ2n) is 5.96. The van der Waals surface area contributed by atoms with Crippen molar-refractivity contribution in [3.8, 4) is 0 Å². The highest BCUT2D eigenvalue weighted by Crippen LogP contribution is 2.29. The van der Waals surface area contributed by atoms with Crippen molar-refractivity contribution in [3.05, 3.63) is 28.8 Å². The Morgan fingerprint density at radius 3 is 2.45 bits per heavy atom. The molecule has 0 spiro atoms. The van der Waals surface area contributed by atoms with Gasteiger partial charge in [0, 0.05) is 12.2 Å². The molecule has 0 unspecified atom stereocenters. The van der Waals surface area contributed by atoms with E-state index in [1.807, 2.05) is 19.9 Å². The molecule has 0 aromatic heterocycles. The number of aryl methyl sites for hydroxylation is 2. The summed E-state index contributed by atoms with van der Waals surface area (Å²) in [4.78, 5) is 25.2. The van der Waals surface area contributed by atoms with Gasteiger partial charge in [-0.3, -0.25) is 15.0 Å². The number of urea groups is 1. The van der Waals surface area contributed by atoms with Crippen molar-refractivity contribution in [1.29, 1.82) is 0 Å². The highest BCUT2D eigenvalue weighted by Gasteiger charge is 2.31. The van der Waals surface area contributed by atoms with Crippen LogP contribution in [0.25, 0.3) is 0 Å². The predicted molar refractivity (Wildman–Crippen MR) is 80.1 cm³/mol. The van der Waals surface area contributed by atoms with Crippen molar-refractivity contribution in [2.45, 2.75) is 40.5 Å². The van der Waals surface area contributed by atoms with Crippen molar-refractivity contribution < 1.29 is 9.59 Å². The summed E-state index contributed by atoms with van der Waals surface area (Å²) < 4.78 is 0. The van der Waals surface area contributed by atoms with Gasteiger partial charge in [-0.05, 0) is 42.5 Å². The summed E-state index contributed by atoms with van der Waals surface area (Å²) in [5.74, 6) is 0.0787. The van der Waals surface area contributed by atoms with Crippen LogP contribution in [-0.4, -0.2) is 18.5 Å². The third-order valence-electron chi connectivity index (χ3n) is 3.88. The molecule has 1 aliphatic rings. The van der Waals surface area contributed by atoms with Crippen LogP contribution in [0, 0.1) is 19.8 Å². The monoisotopic (exact) mass is 274 g/mol. The standard InChI is InChI=1S/C16H22N2O2/c1-9(2)13-6-11(4)14(7-10(13)3)18-8-12(5)15(19)17-16(18)20/h6-7,9,12H,8H2,1-5H3,(H,17,19,20)/t12-/m1/s1. The number of amides is 3. The van der Waals surface area contributed by atoms with Crippen LogP contribution < -0.4 is 10.2 Å². The third-order valence-corrected chi connectivity index (χ3v) is 3.88. The van der Waals surface area contributed by atoms with E-state index in [0.29, 0.717) is 12.5 Å². The lowest BCUT2D eigenvalue weighted by Gasteiger charge is -2.32. The lowest BCUT2D eigenvalue weighted by Crippen LogP contribution is -2.54. The molecule has 1 N–H and O–H groups in total. The Labute approximate surface area is 120 Å². The summed E-state index contributed by atoms with van der Waals surface area (Å²) in [6.07, 6.45) is 0. The average Bonchev–Trinajstić information content (AvgIpc) is 2.36. The molecule has 4 heteroatoms. The number of nitrogens with zero attached hydrogens (tertiary/aromatic N) is 1. The zero-order valence-electron chi connectivity index (χ0n) is 12.8. The van der Waals surface area contributed by atoms with Gasteiger partial charge in [0.05, 0.1) is 5.92 Å². The van der Waals surface area contributed by atoms with Gasteiger partial charge in [-0.25, -0.2) is 4.79 Å².